The second kappa shape index (κ2) is 11.2. The summed E-state index contributed by atoms with van der Waals surface area (Å²) in [5, 5.41) is 4.42. The minimum absolute atomic E-state index is 0.170. The van der Waals surface area contributed by atoms with Crippen molar-refractivity contribution >= 4 is 17.6 Å². The summed E-state index contributed by atoms with van der Waals surface area (Å²) in [6, 6.07) is 15.8. The van der Waals surface area contributed by atoms with Crippen molar-refractivity contribution in [1.82, 2.24) is 14.7 Å². The highest BCUT2D eigenvalue weighted by molar-refractivity contribution is 5.89. The molecule has 0 N–H and O–H groups in total. The maximum Gasteiger partial charge on any atom is 0.358 e. The number of anilines is 1. The van der Waals surface area contributed by atoms with Crippen molar-refractivity contribution in [3.05, 3.63) is 66.1 Å². The molecule has 0 atom stereocenters. The predicted octanol–water partition coefficient (Wildman–Crippen LogP) is 5.08. The Labute approximate surface area is 216 Å². The lowest BCUT2D eigenvalue weighted by Gasteiger charge is -2.36. The number of amides is 1. The quantitative estimate of drug-likeness (QED) is 0.420. The maximum atomic E-state index is 13.9. The Morgan fingerprint density at radius 2 is 1.70 bits per heavy atom. The zero-order valence-electron chi connectivity index (χ0n) is 21.2. The normalized spacial score (nSPS) is 16.3. The van der Waals surface area contributed by atoms with E-state index in [0.717, 1.165) is 37.4 Å². The van der Waals surface area contributed by atoms with Crippen LogP contribution in [-0.4, -0.2) is 59.3 Å². The molecule has 2 aromatic carbocycles. The molecule has 0 bridgehead atoms. The summed E-state index contributed by atoms with van der Waals surface area (Å²) >= 11 is 0. The van der Waals surface area contributed by atoms with Gasteiger partial charge in [0.2, 0.25) is 5.91 Å². The highest BCUT2D eigenvalue weighted by Crippen LogP contribution is 2.30. The van der Waals surface area contributed by atoms with E-state index in [1.807, 2.05) is 29.2 Å². The Morgan fingerprint density at radius 1 is 0.973 bits per heavy atom. The van der Waals surface area contributed by atoms with Gasteiger partial charge in [-0.25, -0.2) is 13.9 Å². The van der Waals surface area contributed by atoms with E-state index in [9.17, 15) is 14.0 Å². The Balaban J connectivity index is 1.30. The largest absolute Gasteiger partial charge is 0.461 e. The van der Waals surface area contributed by atoms with Crippen LogP contribution in [0.1, 0.15) is 49.5 Å². The lowest BCUT2D eigenvalue weighted by atomic mass is 10.0. The molecule has 2 aliphatic rings. The second-order valence-electron chi connectivity index (χ2n) is 9.80. The molecule has 1 saturated heterocycles. The molecule has 7 nitrogen and oxygen atoms in total. The molecule has 2 heterocycles. The first kappa shape index (κ1) is 25.0. The molecule has 37 heavy (non-hydrogen) atoms. The molecule has 0 spiro atoms. The van der Waals surface area contributed by atoms with Gasteiger partial charge < -0.3 is 14.5 Å². The van der Waals surface area contributed by atoms with Crippen molar-refractivity contribution in [2.24, 2.45) is 5.92 Å². The van der Waals surface area contributed by atoms with Crippen LogP contribution in [0.3, 0.4) is 0 Å². The molecule has 1 amide bonds. The van der Waals surface area contributed by atoms with Crippen LogP contribution in [0.4, 0.5) is 10.1 Å². The highest BCUT2D eigenvalue weighted by Gasteiger charge is 2.25. The minimum Gasteiger partial charge on any atom is -0.461 e. The first-order valence-electron chi connectivity index (χ1n) is 13.2. The predicted molar refractivity (Wildman–Crippen MR) is 140 cm³/mol. The Kier molecular flexibility index (Phi) is 7.53. The van der Waals surface area contributed by atoms with Gasteiger partial charge in [-0.1, -0.05) is 31.0 Å². The number of nitrogens with zero attached hydrogens (tertiary/aromatic N) is 4. The zero-order valence-corrected chi connectivity index (χ0v) is 21.2. The SMILES string of the molecule is CCOC(=O)c1cc(-c2ccc(N3CCN(C(=O)CC4CCCC4)CC3)cc2)n(-c2cccc(F)c2)n1. The van der Waals surface area contributed by atoms with Crippen LogP contribution in [0.25, 0.3) is 16.9 Å². The molecule has 3 aromatic rings. The van der Waals surface area contributed by atoms with E-state index < -0.39 is 5.97 Å². The number of hydrogen-bond donors (Lipinski definition) is 0. The molecule has 1 aliphatic carbocycles. The number of benzene rings is 2. The maximum absolute atomic E-state index is 13.9. The third kappa shape index (κ3) is 5.68. The van der Waals surface area contributed by atoms with Gasteiger partial charge in [-0.2, -0.15) is 5.10 Å². The fraction of sp³-hybridized carbons (Fsp3) is 0.414. The van der Waals surface area contributed by atoms with Gasteiger partial charge in [-0.15, -0.1) is 0 Å². The molecule has 1 aromatic heterocycles. The van der Waals surface area contributed by atoms with E-state index in [2.05, 4.69) is 10.00 Å². The molecule has 0 unspecified atom stereocenters. The molecule has 1 saturated carbocycles. The van der Waals surface area contributed by atoms with Crippen LogP contribution in [0.15, 0.2) is 54.6 Å². The second-order valence-corrected chi connectivity index (χ2v) is 9.80. The molecule has 194 valence electrons. The molecule has 8 heteroatoms. The standard InChI is InChI=1S/C29H33FN4O3/c1-2-37-29(36)26-20-27(34(31-26)25-9-5-8-23(30)19-25)22-10-12-24(13-11-22)32-14-16-33(17-15-32)28(35)18-21-6-3-4-7-21/h5,8-13,19-21H,2-4,6-7,14-18H2,1H3. The van der Waals surface area contributed by atoms with Gasteiger partial charge in [-0.05, 0) is 62.1 Å². The zero-order chi connectivity index (χ0) is 25.8. The van der Waals surface area contributed by atoms with Gasteiger partial charge in [0.15, 0.2) is 5.69 Å². The molecule has 0 radical (unpaired) electrons. The van der Waals surface area contributed by atoms with Crippen molar-refractivity contribution in [2.75, 3.05) is 37.7 Å². The van der Waals surface area contributed by atoms with Crippen LogP contribution in [-0.2, 0) is 9.53 Å². The Bertz CT molecular complexity index is 1240. The lowest BCUT2D eigenvalue weighted by molar-refractivity contribution is -0.132. The van der Waals surface area contributed by atoms with E-state index in [-0.39, 0.29) is 18.1 Å². The number of piperazine rings is 1. The summed E-state index contributed by atoms with van der Waals surface area (Å²) < 4.78 is 20.6. The molecular formula is C29H33FN4O3. The van der Waals surface area contributed by atoms with Crippen LogP contribution in [0, 0.1) is 11.7 Å². The average Bonchev–Trinajstić information content (AvgIpc) is 3.60. The number of hydrogen-bond acceptors (Lipinski definition) is 5. The van der Waals surface area contributed by atoms with Crippen LogP contribution in [0.2, 0.25) is 0 Å². The van der Waals surface area contributed by atoms with Crippen molar-refractivity contribution in [3.63, 3.8) is 0 Å². The summed E-state index contributed by atoms with van der Waals surface area (Å²) in [4.78, 5) is 29.4. The van der Waals surface area contributed by atoms with Crippen molar-refractivity contribution < 1.29 is 18.7 Å². The summed E-state index contributed by atoms with van der Waals surface area (Å²) in [5.74, 6) is -0.0307. The molecule has 2 fully saturated rings. The van der Waals surface area contributed by atoms with Gasteiger partial charge in [0.05, 0.1) is 18.0 Å². The number of carbonyl (C=O) groups excluding carboxylic acids is 2. The number of aromatic nitrogens is 2. The van der Waals surface area contributed by atoms with Crippen molar-refractivity contribution in [1.29, 1.82) is 0 Å². The van der Waals surface area contributed by atoms with E-state index >= 15 is 0 Å². The van der Waals surface area contributed by atoms with Crippen molar-refractivity contribution in [2.45, 2.75) is 39.0 Å². The van der Waals surface area contributed by atoms with E-state index in [1.165, 1.54) is 37.8 Å². The van der Waals surface area contributed by atoms with E-state index in [4.69, 9.17) is 4.74 Å². The summed E-state index contributed by atoms with van der Waals surface area (Å²) in [7, 11) is 0. The fourth-order valence-corrected chi connectivity index (χ4v) is 5.34. The lowest BCUT2D eigenvalue weighted by Crippen LogP contribution is -2.49. The van der Waals surface area contributed by atoms with Gasteiger partial charge in [0, 0.05) is 43.9 Å². The summed E-state index contributed by atoms with van der Waals surface area (Å²) in [5.41, 5.74) is 3.29. The smallest absolute Gasteiger partial charge is 0.358 e. The minimum atomic E-state index is -0.518. The molecular weight excluding hydrogens is 471 g/mol. The Morgan fingerprint density at radius 3 is 2.38 bits per heavy atom. The topological polar surface area (TPSA) is 67.7 Å². The van der Waals surface area contributed by atoms with Gasteiger partial charge >= 0.3 is 5.97 Å². The first-order chi connectivity index (χ1) is 18.0. The fourth-order valence-electron chi connectivity index (χ4n) is 5.34. The monoisotopic (exact) mass is 504 g/mol. The molecule has 1 aliphatic heterocycles. The number of rotatable bonds is 7. The van der Waals surface area contributed by atoms with Gasteiger partial charge in [-0.3, -0.25) is 4.79 Å². The van der Waals surface area contributed by atoms with Crippen LogP contribution in [0.5, 0.6) is 0 Å². The number of halogens is 1. The number of carbonyl (C=O) groups is 2. The third-order valence-electron chi connectivity index (χ3n) is 7.35. The van der Waals surface area contributed by atoms with E-state index in [0.29, 0.717) is 29.6 Å². The Hall–Kier alpha value is -3.68. The van der Waals surface area contributed by atoms with Crippen LogP contribution < -0.4 is 4.90 Å². The summed E-state index contributed by atoms with van der Waals surface area (Å²) in [6.07, 6.45) is 5.60. The van der Waals surface area contributed by atoms with Crippen LogP contribution >= 0.6 is 0 Å². The van der Waals surface area contributed by atoms with Gasteiger partial charge in [0.25, 0.3) is 0 Å². The number of esters is 1. The number of ether oxygens (including phenoxy) is 1. The highest BCUT2D eigenvalue weighted by atomic mass is 19.1. The van der Waals surface area contributed by atoms with Gasteiger partial charge in [0.1, 0.15) is 5.82 Å². The average molecular weight is 505 g/mol. The summed E-state index contributed by atoms with van der Waals surface area (Å²) in [6.45, 7) is 5.06. The molecule has 5 rings (SSSR count). The van der Waals surface area contributed by atoms with Crippen molar-refractivity contribution in [3.8, 4) is 16.9 Å². The van der Waals surface area contributed by atoms with E-state index in [1.54, 1.807) is 29.8 Å². The third-order valence-corrected chi connectivity index (χ3v) is 7.35. The first-order valence-corrected chi connectivity index (χ1v) is 13.2.